The zero-order valence-electron chi connectivity index (χ0n) is 22.3. The Kier molecular flexibility index (Phi) is 5.52. The van der Waals surface area contributed by atoms with Crippen LogP contribution in [0.4, 0.5) is 0 Å². The Bertz CT molecular complexity index is 2120. The first-order valence-electron chi connectivity index (χ1n) is 13.8. The van der Waals surface area contributed by atoms with Gasteiger partial charge in [0.2, 0.25) is 0 Å². The van der Waals surface area contributed by atoms with E-state index in [4.69, 9.17) is 9.97 Å². The summed E-state index contributed by atoms with van der Waals surface area (Å²) in [6, 6.07) is 37.7. The molecule has 0 saturated heterocycles. The number of hydrogen-bond donors (Lipinski definition) is 0. The van der Waals surface area contributed by atoms with E-state index in [0.29, 0.717) is 0 Å². The van der Waals surface area contributed by atoms with E-state index in [2.05, 4.69) is 87.3 Å². The highest BCUT2D eigenvalue weighted by Crippen LogP contribution is 2.33. The topological polar surface area (TPSA) is 56.0 Å². The van der Waals surface area contributed by atoms with Crippen LogP contribution in [0.1, 0.15) is 11.3 Å². The molecule has 194 valence electrons. The Morgan fingerprint density at radius 2 is 1.34 bits per heavy atom. The van der Waals surface area contributed by atoms with Crippen molar-refractivity contribution >= 4 is 27.9 Å². The van der Waals surface area contributed by atoms with E-state index < -0.39 is 0 Å². The van der Waals surface area contributed by atoms with Crippen LogP contribution in [0, 0.1) is 0 Å². The fourth-order valence-electron chi connectivity index (χ4n) is 5.92. The van der Waals surface area contributed by atoms with Gasteiger partial charge >= 0.3 is 0 Å². The number of para-hydroxylation sites is 1. The number of benzene rings is 3. The van der Waals surface area contributed by atoms with Crippen LogP contribution in [0.3, 0.4) is 0 Å². The minimum absolute atomic E-state index is 0.829. The normalized spacial score (nSPS) is 12.6. The molecule has 0 amide bonds. The van der Waals surface area contributed by atoms with Crippen molar-refractivity contribution in [3.05, 3.63) is 133 Å². The van der Waals surface area contributed by atoms with Crippen molar-refractivity contribution in [1.29, 1.82) is 0 Å². The average molecular weight is 528 g/mol. The molecule has 1 aliphatic rings. The molecule has 8 rings (SSSR count). The Balaban J connectivity index is 1.20. The summed E-state index contributed by atoms with van der Waals surface area (Å²) < 4.78 is 2.32. The monoisotopic (exact) mass is 527 g/mol. The maximum atomic E-state index is 5.07. The molecule has 5 nitrogen and oxygen atoms in total. The molecule has 0 fully saturated rings. The fraction of sp³-hybridized carbons (Fsp3) is 0.0556. The molecule has 5 heteroatoms. The van der Waals surface area contributed by atoms with E-state index in [9.17, 15) is 0 Å². The highest BCUT2D eigenvalue weighted by molar-refractivity contribution is 5.97. The maximum Gasteiger partial charge on any atom is 0.0893 e. The minimum Gasteiger partial charge on any atom is -0.308 e. The quantitative estimate of drug-likeness (QED) is 0.233. The molecular weight excluding hydrogens is 502 g/mol. The molecule has 3 aromatic carbocycles. The van der Waals surface area contributed by atoms with E-state index in [1.165, 1.54) is 22.2 Å². The van der Waals surface area contributed by atoms with Crippen LogP contribution in [-0.4, -0.2) is 32.3 Å². The van der Waals surface area contributed by atoms with Gasteiger partial charge in [-0.3, -0.25) is 9.98 Å². The number of nitrogens with zero attached hydrogens (tertiary/aromatic N) is 5. The van der Waals surface area contributed by atoms with E-state index in [-0.39, 0.29) is 0 Å². The molecule has 5 heterocycles. The number of rotatable bonds is 4. The number of hydrogen-bond acceptors (Lipinski definition) is 4. The van der Waals surface area contributed by atoms with Crippen LogP contribution in [0.25, 0.3) is 61.3 Å². The van der Waals surface area contributed by atoms with Gasteiger partial charge in [0.1, 0.15) is 0 Å². The molecular formula is C36H25N5. The summed E-state index contributed by atoms with van der Waals surface area (Å²) in [7, 11) is 0. The third kappa shape index (κ3) is 4.02. The van der Waals surface area contributed by atoms with Crippen LogP contribution in [0.15, 0.2) is 127 Å². The maximum absolute atomic E-state index is 5.07. The van der Waals surface area contributed by atoms with Crippen molar-refractivity contribution in [2.24, 2.45) is 4.99 Å². The Labute approximate surface area is 237 Å². The molecule has 0 atom stereocenters. The highest BCUT2D eigenvalue weighted by atomic mass is 15.0. The van der Waals surface area contributed by atoms with Gasteiger partial charge in [-0.1, -0.05) is 66.7 Å². The zero-order chi connectivity index (χ0) is 27.2. The molecule has 7 aromatic rings. The lowest BCUT2D eigenvalue weighted by molar-refractivity contribution is 0.940. The number of aromatic nitrogens is 4. The second-order valence-corrected chi connectivity index (χ2v) is 10.3. The second kappa shape index (κ2) is 9.65. The summed E-state index contributed by atoms with van der Waals surface area (Å²) in [5, 5.41) is 3.53. The van der Waals surface area contributed by atoms with Crippen LogP contribution in [-0.2, 0) is 6.42 Å². The van der Waals surface area contributed by atoms with E-state index in [1.54, 1.807) is 0 Å². The summed E-state index contributed by atoms with van der Waals surface area (Å²) in [4.78, 5) is 19.1. The van der Waals surface area contributed by atoms with Crippen LogP contribution in [0.2, 0.25) is 0 Å². The second-order valence-electron chi connectivity index (χ2n) is 10.3. The summed E-state index contributed by atoms with van der Waals surface area (Å²) in [6.45, 7) is 0.837. The predicted octanol–water partition coefficient (Wildman–Crippen LogP) is 7.94. The van der Waals surface area contributed by atoms with Crippen LogP contribution >= 0.6 is 0 Å². The molecule has 0 saturated carbocycles. The third-order valence-corrected chi connectivity index (χ3v) is 7.83. The Morgan fingerprint density at radius 3 is 2.24 bits per heavy atom. The van der Waals surface area contributed by atoms with Crippen molar-refractivity contribution in [3.63, 3.8) is 0 Å². The van der Waals surface area contributed by atoms with E-state index in [0.717, 1.165) is 63.3 Å². The van der Waals surface area contributed by atoms with Gasteiger partial charge in [0.15, 0.2) is 0 Å². The van der Waals surface area contributed by atoms with Gasteiger partial charge in [0, 0.05) is 52.7 Å². The SMILES string of the molecule is C1=NCCc2c1n(-c1cccc(-c3cccc(-c4cccc(-c5cncc6ccccc56)n4)n3)c1)c1ccccc21. The zero-order valence-corrected chi connectivity index (χ0v) is 22.3. The van der Waals surface area contributed by atoms with Gasteiger partial charge in [0.25, 0.3) is 0 Å². The molecule has 0 spiro atoms. The molecule has 0 N–H and O–H groups in total. The first-order valence-corrected chi connectivity index (χ1v) is 13.8. The molecule has 0 unspecified atom stereocenters. The molecule has 0 bridgehead atoms. The molecule has 41 heavy (non-hydrogen) atoms. The lowest BCUT2D eigenvalue weighted by Crippen LogP contribution is -2.06. The van der Waals surface area contributed by atoms with Crippen molar-refractivity contribution in [3.8, 4) is 39.6 Å². The van der Waals surface area contributed by atoms with Gasteiger partial charge in [-0.05, 0) is 59.8 Å². The van der Waals surface area contributed by atoms with Gasteiger partial charge in [-0.15, -0.1) is 0 Å². The minimum atomic E-state index is 0.829. The van der Waals surface area contributed by atoms with Crippen molar-refractivity contribution in [2.75, 3.05) is 6.54 Å². The highest BCUT2D eigenvalue weighted by Gasteiger charge is 2.19. The number of fused-ring (bicyclic) bond motifs is 4. The van der Waals surface area contributed by atoms with Crippen molar-refractivity contribution in [1.82, 2.24) is 19.5 Å². The number of aliphatic imine (C=N–C) groups is 1. The third-order valence-electron chi connectivity index (χ3n) is 7.83. The van der Waals surface area contributed by atoms with Crippen molar-refractivity contribution in [2.45, 2.75) is 6.42 Å². The summed E-state index contributed by atoms with van der Waals surface area (Å²) >= 11 is 0. The Morgan fingerprint density at radius 1 is 0.610 bits per heavy atom. The first kappa shape index (κ1) is 23.5. The summed E-state index contributed by atoms with van der Waals surface area (Å²) in [6.07, 6.45) is 6.76. The van der Waals surface area contributed by atoms with Gasteiger partial charge in [-0.2, -0.15) is 0 Å². The number of pyridine rings is 3. The van der Waals surface area contributed by atoms with E-state index >= 15 is 0 Å². The summed E-state index contributed by atoms with van der Waals surface area (Å²) in [5.74, 6) is 0. The largest absolute Gasteiger partial charge is 0.308 e. The van der Waals surface area contributed by atoms with Crippen LogP contribution in [0.5, 0.6) is 0 Å². The van der Waals surface area contributed by atoms with Gasteiger partial charge in [-0.25, -0.2) is 9.97 Å². The van der Waals surface area contributed by atoms with E-state index in [1.807, 2.05) is 55.0 Å². The standard InChI is InChI=1S/C36H25N5/c1-2-11-27-25(8-1)21-38-22-30(27)32-14-7-16-34(40-32)33-15-6-13-31(39-33)24-9-5-10-26(20-24)41-35-17-4-3-12-28(35)29-18-19-37-23-36(29)41/h1-17,20-23H,18-19H2. The lowest BCUT2D eigenvalue weighted by atomic mass is 10.0. The molecule has 1 aliphatic heterocycles. The van der Waals surface area contributed by atoms with Crippen molar-refractivity contribution < 1.29 is 0 Å². The molecule has 4 aromatic heterocycles. The summed E-state index contributed by atoms with van der Waals surface area (Å²) in [5.41, 5.74) is 10.4. The first-order chi connectivity index (χ1) is 20.3. The van der Waals surface area contributed by atoms with Gasteiger partial charge < -0.3 is 4.57 Å². The Hall–Kier alpha value is -5.42. The van der Waals surface area contributed by atoms with Crippen LogP contribution < -0.4 is 0 Å². The predicted molar refractivity (Wildman–Crippen MR) is 167 cm³/mol. The fourth-order valence-corrected chi connectivity index (χ4v) is 5.92. The van der Waals surface area contributed by atoms with Gasteiger partial charge in [0.05, 0.1) is 34.0 Å². The lowest BCUT2D eigenvalue weighted by Gasteiger charge is -2.13. The molecule has 0 radical (unpaired) electrons. The smallest absolute Gasteiger partial charge is 0.0893 e. The average Bonchev–Trinajstić information content (AvgIpc) is 3.39. The molecule has 0 aliphatic carbocycles.